The van der Waals surface area contributed by atoms with Crippen LogP contribution in [0.25, 0.3) is 0 Å². The van der Waals surface area contributed by atoms with Gasteiger partial charge in [0.2, 0.25) is 0 Å². The number of aromatic nitrogens is 5. The average molecular weight is 686 g/mol. The number of fused-ring (bicyclic) bond motifs is 7. The molecular weight excluding hydrogens is 654 g/mol. The van der Waals surface area contributed by atoms with Crippen LogP contribution in [-0.2, 0) is 44.7 Å². The van der Waals surface area contributed by atoms with E-state index in [1.165, 1.54) is 4.90 Å². The molecule has 258 valence electrons. The molecule has 0 saturated heterocycles. The third-order valence-electron chi connectivity index (χ3n) is 8.95. The Labute approximate surface area is 283 Å². The van der Waals surface area contributed by atoms with Gasteiger partial charge in [0.25, 0.3) is 6.29 Å². The first-order chi connectivity index (χ1) is 23.7. The number of carboxylic acids is 4. The zero-order chi connectivity index (χ0) is 35.6. The number of rotatable bonds is 13. The fourth-order valence-corrected chi connectivity index (χ4v) is 6.82. The van der Waals surface area contributed by atoms with Crippen LogP contribution in [0.4, 0.5) is 5.82 Å². The van der Waals surface area contributed by atoms with E-state index in [4.69, 9.17) is 15.0 Å². The van der Waals surface area contributed by atoms with Gasteiger partial charge >= 0.3 is 29.5 Å². The van der Waals surface area contributed by atoms with Crippen molar-refractivity contribution in [3.8, 4) is 0 Å². The summed E-state index contributed by atoms with van der Waals surface area (Å²) in [6, 6.07) is 7.39. The molecular formula is C31H31N11O8. The number of hydrogen-bond donors (Lipinski definition) is 1. The normalized spacial score (nSPS) is 18.5. The quantitative estimate of drug-likeness (QED) is 0.167. The minimum absolute atomic E-state index is 0.0988. The van der Waals surface area contributed by atoms with E-state index in [1.807, 2.05) is 40.9 Å². The minimum Gasteiger partial charge on any atom is -0.549 e. The molecule has 0 aromatic carbocycles. The van der Waals surface area contributed by atoms with E-state index in [1.54, 1.807) is 43.3 Å². The van der Waals surface area contributed by atoms with Crippen LogP contribution in [0.5, 0.6) is 0 Å². The van der Waals surface area contributed by atoms with Gasteiger partial charge < -0.3 is 34.8 Å². The monoisotopic (exact) mass is 685 g/mol. The first-order valence-electron chi connectivity index (χ1n) is 15.5. The van der Waals surface area contributed by atoms with Gasteiger partial charge in [-0.15, -0.1) is 14.3 Å². The first-order valence-corrected chi connectivity index (χ1v) is 15.5. The van der Waals surface area contributed by atoms with E-state index in [0.29, 0.717) is 29.1 Å². The molecule has 4 aliphatic heterocycles. The summed E-state index contributed by atoms with van der Waals surface area (Å²) in [5, 5.41) is 44.0. The number of allylic oxidation sites excluding steroid dienone is 1. The second-order valence-corrected chi connectivity index (χ2v) is 12.8. The first kappa shape index (κ1) is 32.5. The van der Waals surface area contributed by atoms with Crippen LogP contribution in [0.15, 0.2) is 69.7 Å². The predicted octanol–water partition coefficient (Wildman–Crippen LogP) is -5.71. The van der Waals surface area contributed by atoms with E-state index in [-0.39, 0.29) is 13.1 Å². The molecule has 0 saturated carbocycles. The van der Waals surface area contributed by atoms with Gasteiger partial charge in [0, 0.05) is 32.7 Å². The molecule has 3 aromatic rings. The van der Waals surface area contributed by atoms with Gasteiger partial charge in [-0.1, -0.05) is 0 Å². The molecule has 7 rings (SSSR count). The highest BCUT2D eigenvalue weighted by Gasteiger charge is 2.60. The molecule has 0 radical (unpaired) electrons. The summed E-state index contributed by atoms with van der Waals surface area (Å²) in [4.78, 5) is 65.0. The van der Waals surface area contributed by atoms with Gasteiger partial charge in [0.15, 0.2) is 5.71 Å². The Hall–Kier alpha value is -6.08. The van der Waals surface area contributed by atoms with Crippen molar-refractivity contribution in [1.82, 2.24) is 24.1 Å². The number of carbonyl (C=O) groups is 4. The Bertz CT molecular complexity index is 1990. The maximum atomic E-state index is 11.6. The Morgan fingerprint density at radius 2 is 1.36 bits per heavy atom. The lowest BCUT2D eigenvalue weighted by Gasteiger charge is -2.24. The molecule has 3 aromatic heterocycles. The van der Waals surface area contributed by atoms with Crippen LogP contribution < -0.4 is 29.3 Å². The van der Waals surface area contributed by atoms with E-state index in [2.05, 4.69) is 13.8 Å². The largest absolute Gasteiger partial charge is 0.549 e. The van der Waals surface area contributed by atoms with Crippen LogP contribution in [0, 0.1) is 0 Å². The summed E-state index contributed by atoms with van der Waals surface area (Å²) in [6.07, 6.45) is 6.37. The van der Waals surface area contributed by atoms with Gasteiger partial charge in [-0.25, -0.2) is 4.57 Å². The molecule has 0 fully saturated rings. The second-order valence-electron chi connectivity index (χ2n) is 12.8. The van der Waals surface area contributed by atoms with Crippen molar-refractivity contribution in [1.29, 1.82) is 0 Å². The maximum Gasteiger partial charge on any atom is 0.433 e. The zero-order valence-electron chi connectivity index (χ0n) is 27.2. The van der Waals surface area contributed by atoms with Gasteiger partial charge in [-0.05, 0) is 53.1 Å². The van der Waals surface area contributed by atoms with Crippen molar-refractivity contribution in [2.75, 3.05) is 26.2 Å². The van der Waals surface area contributed by atoms with Crippen molar-refractivity contribution < 1.29 is 53.5 Å². The highest BCUT2D eigenvalue weighted by atomic mass is 16.4. The summed E-state index contributed by atoms with van der Waals surface area (Å²) >= 11 is 0. The number of pyridine rings is 1. The van der Waals surface area contributed by atoms with Crippen LogP contribution in [0.2, 0.25) is 0 Å². The Morgan fingerprint density at radius 3 is 1.84 bits per heavy atom. The molecule has 7 heterocycles. The highest BCUT2D eigenvalue weighted by molar-refractivity contribution is 6.08. The van der Waals surface area contributed by atoms with Crippen LogP contribution in [0.3, 0.4) is 0 Å². The Balaban J connectivity index is 1.36. The van der Waals surface area contributed by atoms with Crippen molar-refractivity contribution >= 4 is 47.3 Å². The van der Waals surface area contributed by atoms with Crippen molar-refractivity contribution in [2.24, 2.45) is 22.0 Å². The lowest BCUT2D eigenvalue weighted by Crippen LogP contribution is -2.58. The molecule has 0 bridgehead atoms. The molecule has 4 aliphatic rings. The van der Waals surface area contributed by atoms with Crippen LogP contribution >= 0.6 is 0 Å². The number of carbonyl (C=O) groups excluding carboxylic acids is 3. The number of carboxylic acid groups (broad SMARTS) is 4. The number of aliphatic imine (C=N–C) groups is 3. The number of aryl methyl sites for hydroxylation is 1. The SMILES string of the molecule is C[n+]1cccc2c1N=C(/C=C1/N=C3N4C(=N1)[n+]1ccc(CN(CC(=O)[O-])CC(=O)O)n1C4n1c(CN(CC(=O)[O-])CC(=O)[O-])cc[n+]13)C2(C)C. The van der Waals surface area contributed by atoms with E-state index < -0.39 is 61.8 Å². The molecule has 50 heavy (non-hydrogen) atoms. The summed E-state index contributed by atoms with van der Waals surface area (Å²) in [7, 11) is 1.92. The van der Waals surface area contributed by atoms with Gasteiger partial charge in [-0.3, -0.25) is 14.6 Å². The summed E-state index contributed by atoms with van der Waals surface area (Å²) in [5.74, 6) is -3.62. The molecule has 19 nitrogen and oxygen atoms in total. The zero-order valence-corrected chi connectivity index (χ0v) is 27.2. The fourth-order valence-electron chi connectivity index (χ4n) is 6.82. The van der Waals surface area contributed by atoms with Gasteiger partial charge in [-0.2, -0.15) is 9.36 Å². The Morgan fingerprint density at radius 1 is 0.840 bits per heavy atom. The fraction of sp³-hybridized carbons (Fsp3) is 0.355. The van der Waals surface area contributed by atoms with Gasteiger partial charge in [0.05, 0.1) is 78.5 Å². The molecule has 1 N–H and O–H groups in total. The minimum atomic E-state index is -1.47. The van der Waals surface area contributed by atoms with E-state index in [0.717, 1.165) is 22.0 Å². The molecule has 0 spiro atoms. The number of nitrogens with zero attached hydrogens (tertiary/aromatic N) is 11. The summed E-state index contributed by atoms with van der Waals surface area (Å²) in [6.45, 7) is 1.34. The van der Waals surface area contributed by atoms with Crippen molar-refractivity contribution in [2.45, 2.75) is 38.6 Å². The third kappa shape index (κ3) is 5.41. The lowest BCUT2D eigenvalue weighted by molar-refractivity contribution is -0.674. The van der Waals surface area contributed by atoms with Gasteiger partial charge in [0.1, 0.15) is 0 Å². The number of aliphatic carboxylic acids is 4. The number of hydrogen-bond acceptors (Lipinski definition) is 13. The second kappa shape index (κ2) is 11.8. The van der Waals surface area contributed by atoms with Crippen LogP contribution in [-0.4, -0.2) is 96.9 Å². The van der Waals surface area contributed by atoms with Crippen molar-refractivity contribution in [3.05, 3.63) is 71.7 Å². The Kier molecular flexibility index (Phi) is 7.67. The standard InChI is InChI=1S/C31H31N11O8/c1-31(2)20-5-4-8-35(3)27(20)32-21(31)11-22-33-28-38-9-6-18(12-36(14-23(43)44)15-24(45)46)41(38)30-40(28)29(34-22)39-10-7-19(42(30)39)13-37(16-25(47)48)17-26(49)50/h4-11,30H,12-17H2,1-3H3,(H-3,43,44,45,46,47,48,49,50). The molecule has 1 unspecified atom stereocenters. The van der Waals surface area contributed by atoms with Crippen LogP contribution in [0.1, 0.15) is 37.1 Å². The molecule has 19 heteroatoms. The predicted molar refractivity (Wildman–Crippen MR) is 160 cm³/mol. The molecule has 0 amide bonds. The lowest BCUT2D eigenvalue weighted by atomic mass is 9.82. The maximum absolute atomic E-state index is 11.6. The highest BCUT2D eigenvalue weighted by Crippen LogP contribution is 2.39. The van der Waals surface area contributed by atoms with E-state index >= 15 is 0 Å². The molecule has 0 aliphatic carbocycles. The topological polar surface area (TPSA) is 226 Å². The average Bonchev–Trinajstić information content (AvgIpc) is 3.79. The molecule has 1 atom stereocenters. The summed E-state index contributed by atoms with van der Waals surface area (Å²) < 4.78 is 8.94. The summed E-state index contributed by atoms with van der Waals surface area (Å²) in [5.41, 5.74) is 2.30. The van der Waals surface area contributed by atoms with E-state index in [9.17, 15) is 39.6 Å². The van der Waals surface area contributed by atoms with Crippen molar-refractivity contribution in [3.63, 3.8) is 0 Å². The smallest absolute Gasteiger partial charge is 0.433 e. The third-order valence-corrected chi connectivity index (χ3v) is 8.95.